The highest BCUT2D eigenvalue weighted by Gasteiger charge is 2.29. The first-order valence-corrected chi connectivity index (χ1v) is 8.13. The van der Waals surface area contributed by atoms with Crippen LogP contribution in [0.25, 0.3) is 0 Å². The number of piperidine rings is 1. The van der Waals surface area contributed by atoms with Gasteiger partial charge in [-0.3, -0.25) is 4.79 Å². The molecule has 1 amide bonds. The monoisotopic (exact) mass is 314 g/mol. The van der Waals surface area contributed by atoms with E-state index in [9.17, 15) is 4.79 Å². The van der Waals surface area contributed by atoms with Crippen LogP contribution < -0.4 is 10.6 Å². The highest BCUT2D eigenvalue weighted by molar-refractivity contribution is 7.14. The van der Waals surface area contributed by atoms with Crippen molar-refractivity contribution in [3.63, 3.8) is 0 Å². The van der Waals surface area contributed by atoms with E-state index in [1.807, 2.05) is 0 Å². The van der Waals surface area contributed by atoms with E-state index >= 15 is 0 Å². The zero-order valence-electron chi connectivity index (χ0n) is 12.0. The molecule has 0 bridgehead atoms. The van der Waals surface area contributed by atoms with Gasteiger partial charge in [0, 0.05) is 10.4 Å². The molecule has 2 heterocycles. The van der Waals surface area contributed by atoms with Crippen molar-refractivity contribution in [3.8, 4) is 0 Å². The van der Waals surface area contributed by atoms with Gasteiger partial charge >= 0.3 is 0 Å². The van der Waals surface area contributed by atoms with Crippen LogP contribution in [0.1, 0.15) is 52.7 Å². The molecule has 0 radical (unpaired) electrons. The maximum Gasteiger partial charge on any atom is 0.261 e. The SMILES string of the molecule is CC1(NC(=O)c2cc3c(s2)CCCC3)CCNCC1.Cl. The lowest BCUT2D eigenvalue weighted by molar-refractivity contribution is 0.0891. The van der Waals surface area contributed by atoms with Crippen molar-refractivity contribution in [3.05, 3.63) is 21.4 Å². The summed E-state index contributed by atoms with van der Waals surface area (Å²) in [6.07, 6.45) is 6.90. The molecule has 1 fully saturated rings. The second-order valence-electron chi connectivity index (χ2n) is 6.03. The van der Waals surface area contributed by atoms with Gasteiger partial charge in [-0.15, -0.1) is 23.7 Å². The number of hydrogen-bond donors (Lipinski definition) is 2. The Bertz CT molecular complexity index is 457. The van der Waals surface area contributed by atoms with Gasteiger partial charge in [-0.05, 0) is 70.2 Å². The minimum absolute atomic E-state index is 0. The second kappa shape index (κ2) is 6.46. The summed E-state index contributed by atoms with van der Waals surface area (Å²) >= 11 is 1.70. The standard InChI is InChI=1S/C15H22N2OS.ClH/c1-15(6-8-16-9-7-15)17-14(18)13-10-11-4-2-3-5-12(11)19-13;/h10,16H,2-9H2,1H3,(H,17,18);1H. The van der Waals surface area contributed by atoms with Crippen LogP contribution in [-0.2, 0) is 12.8 Å². The molecule has 3 nitrogen and oxygen atoms in total. The van der Waals surface area contributed by atoms with E-state index in [2.05, 4.69) is 23.6 Å². The fourth-order valence-electron chi connectivity index (χ4n) is 3.04. The number of nitrogens with one attached hydrogen (secondary N) is 2. The van der Waals surface area contributed by atoms with Gasteiger partial charge in [-0.1, -0.05) is 0 Å². The zero-order chi connectivity index (χ0) is 13.3. The van der Waals surface area contributed by atoms with E-state index < -0.39 is 0 Å². The van der Waals surface area contributed by atoms with Crippen molar-refractivity contribution in [2.75, 3.05) is 13.1 Å². The Balaban J connectivity index is 0.00000147. The number of carbonyl (C=O) groups is 1. The quantitative estimate of drug-likeness (QED) is 0.881. The molecule has 2 aliphatic rings. The first-order chi connectivity index (χ1) is 9.16. The van der Waals surface area contributed by atoms with Crippen LogP contribution in [0.2, 0.25) is 0 Å². The summed E-state index contributed by atoms with van der Waals surface area (Å²) < 4.78 is 0. The number of rotatable bonds is 2. The Morgan fingerprint density at radius 2 is 2.00 bits per heavy atom. The van der Waals surface area contributed by atoms with Crippen molar-refractivity contribution in [2.45, 2.75) is 51.0 Å². The van der Waals surface area contributed by atoms with Crippen molar-refractivity contribution < 1.29 is 4.79 Å². The fourth-order valence-corrected chi connectivity index (χ4v) is 4.19. The average molecular weight is 315 g/mol. The Morgan fingerprint density at radius 1 is 1.30 bits per heavy atom. The third kappa shape index (κ3) is 3.35. The molecule has 2 N–H and O–H groups in total. The van der Waals surface area contributed by atoms with Crippen molar-refractivity contribution in [2.24, 2.45) is 0 Å². The van der Waals surface area contributed by atoms with Gasteiger partial charge in [0.1, 0.15) is 0 Å². The Kier molecular flexibility index (Phi) is 5.10. The Labute approximate surface area is 130 Å². The number of fused-ring (bicyclic) bond motifs is 1. The smallest absolute Gasteiger partial charge is 0.261 e. The molecule has 1 aromatic rings. The van der Waals surface area contributed by atoms with E-state index in [0.717, 1.165) is 43.6 Å². The predicted octanol–water partition coefficient (Wildman–Crippen LogP) is 2.92. The number of hydrogen-bond acceptors (Lipinski definition) is 3. The molecule has 1 saturated heterocycles. The predicted molar refractivity (Wildman–Crippen MR) is 86.2 cm³/mol. The lowest BCUT2D eigenvalue weighted by Crippen LogP contribution is -2.52. The highest BCUT2D eigenvalue weighted by Crippen LogP contribution is 2.30. The van der Waals surface area contributed by atoms with Crippen LogP contribution in [-0.4, -0.2) is 24.5 Å². The van der Waals surface area contributed by atoms with E-state index in [1.54, 1.807) is 11.3 Å². The zero-order valence-corrected chi connectivity index (χ0v) is 13.6. The molecule has 1 aliphatic heterocycles. The van der Waals surface area contributed by atoms with Crippen LogP contribution in [0.4, 0.5) is 0 Å². The first-order valence-electron chi connectivity index (χ1n) is 7.31. The van der Waals surface area contributed by atoms with Crippen LogP contribution >= 0.6 is 23.7 Å². The van der Waals surface area contributed by atoms with Gasteiger partial charge in [-0.2, -0.15) is 0 Å². The Hall–Kier alpha value is -0.580. The van der Waals surface area contributed by atoms with E-state index in [-0.39, 0.29) is 23.9 Å². The van der Waals surface area contributed by atoms with E-state index in [4.69, 9.17) is 0 Å². The molecular weight excluding hydrogens is 292 g/mol. The maximum absolute atomic E-state index is 12.4. The van der Waals surface area contributed by atoms with Crippen LogP contribution in [0.3, 0.4) is 0 Å². The van der Waals surface area contributed by atoms with E-state index in [0.29, 0.717) is 0 Å². The molecule has 0 atom stereocenters. The topological polar surface area (TPSA) is 41.1 Å². The average Bonchev–Trinajstić information content (AvgIpc) is 2.83. The summed E-state index contributed by atoms with van der Waals surface area (Å²) in [6.45, 7) is 4.16. The number of aryl methyl sites for hydroxylation is 2. The lowest BCUT2D eigenvalue weighted by atomic mass is 9.90. The first kappa shape index (κ1) is 15.8. The maximum atomic E-state index is 12.4. The summed E-state index contributed by atoms with van der Waals surface area (Å²) in [7, 11) is 0. The lowest BCUT2D eigenvalue weighted by Gasteiger charge is -2.34. The largest absolute Gasteiger partial charge is 0.346 e. The number of carbonyl (C=O) groups excluding carboxylic acids is 1. The molecule has 1 aromatic heterocycles. The number of thiophene rings is 1. The van der Waals surface area contributed by atoms with Crippen LogP contribution in [0.5, 0.6) is 0 Å². The van der Waals surface area contributed by atoms with Crippen LogP contribution in [0.15, 0.2) is 6.07 Å². The van der Waals surface area contributed by atoms with Crippen molar-refractivity contribution in [1.82, 2.24) is 10.6 Å². The summed E-state index contributed by atoms with van der Waals surface area (Å²) in [5, 5.41) is 6.60. The normalized spacial score (nSPS) is 20.6. The minimum atomic E-state index is -0.0349. The molecule has 3 rings (SSSR count). The molecule has 5 heteroatoms. The molecule has 0 spiro atoms. The van der Waals surface area contributed by atoms with Gasteiger partial charge < -0.3 is 10.6 Å². The van der Waals surface area contributed by atoms with Crippen LogP contribution in [0, 0.1) is 0 Å². The van der Waals surface area contributed by atoms with Gasteiger partial charge in [0.15, 0.2) is 0 Å². The molecule has 0 unspecified atom stereocenters. The third-order valence-electron chi connectivity index (χ3n) is 4.34. The fraction of sp³-hybridized carbons (Fsp3) is 0.667. The molecule has 0 aromatic carbocycles. The van der Waals surface area contributed by atoms with Crippen molar-refractivity contribution >= 4 is 29.7 Å². The summed E-state index contributed by atoms with van der Waals surface area (Å²) in [5.74, 6) is 0.129. The summed E-state index contributed by atoms with van der Waals surface area (Å²) in [4.78, 5) is 14.8. The minimum Gasteiger partial charge on any atom is -0.346 e. The second-order valence-corrected chi connectivity index (χ2v) is 7.17. The number of amides is 1. The Morgan fingerprint density at radius 3 is 2.70 bits per heavy atom. The van der Waals surface area contributed by atoms with Crippen molar-refractivity contribution in [1.29, 1.82) is 0 Å². The molecule has 1 aliphatic carbocycles. The van der Waals surface area contributed by atoms with Gasteiger partial charge in [0.05, 0.1) is 4.88 Å². The molecule has 0 saturated carbocycles. The summed E-state index contributed by atoms with van der Waals surface area (Å²) in [5.41, 5.74) is 1.38. The van der Waals surface area contributed by atoms with Gasteiger partial charge in [0.25, 0.3) is 5.91 Å². The van der Waals surface area contributed by atoms with Gasteiger partial charge in [0.2, 0.25) is 0 Å². The summed E-state index contributed by atoms with van der Waals surface area (Å²) in [6, 6.07) is 2.12. The van der Waals surface area contributed by atoms with Gasteiger partial charge in [-0.25, -0.2) is 0 Å². The number of halogens is 1. The third-order valence-corrected chi connectivity index (χ3v) is 5.58. The molecule has 112 valence electrons. The highest BCUT2D eigenvalue weighted by atomic mass is 35.5. The molecular formula is C15H23ClN2OS. The van der Waals surface area contributed by atoms with E-state index in [1.165, 1.54) is 23.3 Å². The molecule has 20 heavy (non-hydrogen) atoms.